The summed E-state index contributed by atoms with van der Waals surface area (Å²) in [6, 6.07) is 8.17. The second-order valence-electron chi connectivity index (χ2n) is 8.60. The van der Waals surface area contributed by atoms with Gasteiger partial charge in [-0.3, -0.25) is 9.59 Å². The molecule has 0 spiro atoms. The summed E-state index contributed by atoms with van der Waals surface area (Å²) in [6.45, 7) is 5.77. The first-order valence-corrected chi connectivity index (χ1v) is 11.1. The molecule has 0 radical (unpaired) electrons. The van der Waals surface area contributed by atoms with E-state index in [1.165, 1.54) is 0 Å². The van der Waals surface area contributed by atoms with Crippen molar-refractivity contribution in [2.75, 3.05) is 19.6 Å². The molecule has 0 bridgehead atoms. The number of hydrogen-bond donors (Lipinski definition) is 5. The number of urea groups is 1. The number of unbranched alkanes of at least 4 members (excludes halogenated alkanes) is 3. The van der Waals surface area contributed by atoms with Gasteiger partial charge in [-0.2, -0.15) is 0 Å². The van der Waals surface area contributed by atoms with Crippen molar-refractivity contribution < 1.29 is 29.0 Å². The Morgan fingerprint density at radius 1 is 0.909 bits per heavy atom. The van der Waals surface area contributed by atoms with Gasteiger partial charge in [-0.15, -0.1) is 0 Å². The van der Waals surface area contributed by atoms with Gasteiger partial charge in [0.2, 0.25) is 5.91 Å². The van der Waals surface area contributed by atoms with Crippen LogP contribution in [-0.4, -0.2) is 60.4 Å². The molecule has 0 saturated heterocycles. The Morgan fingerprint density at radius 3 is 2.09 bits per heavy atom. The highest BCUT2D eigenvalue weighted by atomic mass is 16.6. The fraction of sp³-hybridized carbons (Fsp3) is 0.565. The monoisotopic (exact) mass is 464 g/mol. The van der Waals surface area contributed by atoms with E-state index in [1.807, 2.05) is 30.3 Å². The van der Waals surface area contributed by atoms with E-state index in [9.17, 15) is 19.2 Å². The van der Waals surface area contributed by atoms with E-state index in [4.69, 9.17) is 9.84 Å². The molecular weight excluding hydrogens is 428 g/mol. The molecule has 0 saturated carbocycles. The Labute approximate surface area is 194 Å². The molecule has 1 unspecified atom stereocenters. The van der Waals surface area contributed by atoms with Crippen molar-refractivity contribution in [2.45, 2.75) is 64.5 Å². The zero-order valence-corrected chi connectivity index (χ0v) is 19.6. The summed E-state index contributed by atoms with van der Waals surface area (Å²) in [6.07, 6.45) is 2.90. The maximum Gasteiger partial charge on any atom is 0.408 e. The van der Waals surface area contributed by atoms with Crippen molar-refractivity contribution in [3.8, 4) is 0 Å². The van der Waals surface area contributed by atoms with Crippen molar-refractivity contribution >= 4 is 24.0 Å². The highest BCUT2D eigenvalue weighted by Gasteiger charge is 2.24. The van der Waals surface area contributed by atoms with Crippen molar-refractivity contribution in [1.82, 2.24) is 21.3 Å². The lowest BCUT2D eigenvalue weighted by atomic mass is 10.1. The van der Waals surface area contributed by atoms with Gasteiger partial charge in [0.05, 0.1) is 0 Å². The van der Waals surface area contributed by atoms with Gasteiger partial charge in [-0.25, -0.2) is 9.59 Å². The Morgan fingerprint density at radius 2 is 1.52 bits per heavy atom. The summed E-state index contributed by atoms with van der Waals surface area (Å²) < 4.78 is 5.29. The van der Waals surface area contributed by atoms with Gasteiger partial charge in [0.15, 0.2) is 0 Å². The molecule has 4 amide bonds. The molecular formula is C23H36N4O6. The lowest BCUT2D eigenvalue weighted by molar-refractivity contribution is -0.135. The fourth-order valence-corrected chi connectivity index (χ4v) is 2.87. The van der Waals surface area contributed by atoms with E-state index < -0.39 is 36.3 Å². The molecule has 10 nitrogen and oxygen atoms in total. The van der Waals surface area contributed by atoms with Crippen LogP contribution >= 0.6 is 0 Å². The minimum absolute atomic E-state index is 0.276. The van der Waals surface area contributed by atoms with Crippen LogP contribution in [0.2, 0.25) is 0 Å². The molecule has 10 heteroatoms. The van der Waals surface area contributed by atoms with E-state index in [2.05, 4.69) is 21.3 Å². The molecule has 0 aromatic heterocycles. The van der Waals surface area contributed by atoms with Gasteiger partial charge in [0, 0.05) is 19.5 Å². The van der Waals surface area contributed by atoms with Crippen LogP contribution in [0.15, 0.2) is 30.3 Å². The van der Waals surface area contributed by atoms with Crippen LogP contribution in [0.4, 0.5) is 9.59 Å². The Balaban J connectivity index is 2.35. The Bertz CT molecular complexity index is 764. The minimum atomic E-state index is -1.10. The number of carboxylic acids is 1. The number of benzene rings is 1. The number of carboxylic acid groups (broad SMARTS) is 1. The smallest absolute Gasteiger partial charge is 0.408 e. The van der Waals surface area contributed by atoms with Crippen LogP contribution in [0.1, 0.15) is 52.0 Å². The zero-order valence-electron chi connectivity index (χ0n) is 19.6. The summed E-state index contributed by atoms with van der Waals surface area (Å²) in [4.78, 5) is 46.6. The summed E-state index contributed by atoms with van der Waals surface area (Å²) in [7, 11) is 0. The van der Waals surface area contributed by atoms with E-state index >= 15 is 0 Å². The number of amides is 4. The number of hydrogen-bond acceptors (Lipinski definition) is 5. The van der Waals surface area contributed by atoms with E-state index in [0.29, 0.717) is 19.5 Å². The number of carbonyl (C=O) groups is 4. The number of alkyl carbamates (subject to hydrolysis) is 1. The highest BCUT2D eigenvalue weighted by Crippen LogP contribution is 2.09. The second kappa shape index (κ2) is 14.7. The van der Waals surface area contributed by atoms with Crippen LogP contribution in [0.25, 0.3) is 0 Å². The van der Waals surface area contributed by atoms with Crippen LogP contribution in [0.3, 0.4) is 0 Å². The first-order chi connectivity index (χ1) is 15.6. The largest absolute Gasteiger partial charge is 0.480 e. The lowest BCUT2D eigenvalue weighted by Crippen LogP contribution is -2.49. The molecule has 5 N–H and O–H groups in total. The van der Waals surface area contributed by atoms with Gasteiger partial charge in [0.25, 0.3) is 0 Å². The van der Waals surface area contributed by atoms with Gasteiger partial charge in [0.1, 0.15) is 18.2 Å². The summed E-state index contributed by atoms with van der Waals surface area (Å²) in [5, 5.41) is 18.8. The number of aliphatic carboxylic acids is 1. The van der Waals surface area contributed by atoms with Crippen molar-refractivity contribution in [3.63, 3.8) is 0 Å². The number of carbonyl (C=O) groups excluding carboxylic acids is 3. The molecule has 1 rings (SSSR count). The van der Waals surface area contributed by atoms with E-state index in [0.717, 1.165) is 31.2 Å². The molecule has 0 aliphatic rings. The topological polar surface area (TPSA) is 146 Å². The number of rotatable bonds is 13. The molecule has 1 atom stereocenters. The van der Waals surface area contributed by atoms with Crippen molar-refractivity contribution in [2.24, 2.45) is 0 Å². The molecule has 0 aliphatic carbocycles. The average Bonchev–Trinajstić information content (AvgIpc) is 2.72. The summed E-state index contributed by atoms with van der Waals surface area (Å²) in [5.74, 6) is -1.37. The Hall–Kier alpha value is -3.30. The van der Waals surface area contributed by atoms with Gasteiger partial charge < -0.3 is 31.1 Å². The molecule has 1 aromatic carbocycles. The fourth-order valence-electron chi connectivity index (χ4n) is 2.87. The maximum absolute atomic E-state index is 12.7. The molecule has 184 valence electrons. The third-order valence-electron chi connectivity index (χ3n) is 4.38. The predicted octanol–water partition coefficient (Wildman–Crippen LogP) is 2.18. The van der Waals surface area contributed by atoms with Crippen LogP contribution in [-0.2, 0) is 20.7 Å². The molecule has 1 aromatic rings. The molecule has 33 heavy (non-hydrogen) atoms. The molecule has 0 fully saturated rings. The van der Waals surface area contributed by atoms with Crippen LogP contribution < -0.4 is 21.3 Å². The van der Waals surface area contributed by atoms with E-state index in [1.54, 1.807) is 20.8 Å². The third kappa shape index (κ3) is 14.4. The first kappa shape index (κ1) is 27.7. The van der Waals surface area contributed by atoms with Gasteiger partial charge in [-0.05, 0) is 39.2 Å². The van der Waals surface area contributed by atoms with Crippen LogP contribution in [0, 0.1) is 0 Å². The molecule has 0 heterocycles. The quantitative estimate of drug-likeness (QED) is 0.283. The first-order valence-electron chi connectivity index (χ1n) is 11.1. The average molecular weight is 465 g/mol. The second-order valence-corrected chi connectivity index (χ2v) is 8.60. The van der Waals surface area contributed by atoms with Crippen molar-refractivity contribution in [3.05, 3.63) is 35.9 Å². The third-order valence-corrected chi connectivity index (χ3v) is 4.38. The standard InChI is InChI=1S/C23H36N4O6/c1-23(2,3)33-22(32)27-18(15-17-11-7-6-8-12-17)20(30)24-13-9-4-5-10-14-25-21(31)26-16-19(28)29/h6-8,11-12,18H,4-5,9-10,13-16H2,1-3H3,(H,24,30)(H,27,32)(H,28,29)(H2,25,26,31). The Kier molecular flexibility index (Phi) is 12.4. The summed E-state index contributed by atoms with van der Waals surface area (Å²) in [5.41, 5.74) is 0.262. The molecule has 0 aliphatic heterocycles. The zero-order chi connectivity index (χ0) is 24.7. The minimum Gasteiger partial charge on any atom is -0.480 e. The predicted molar refractivity (Wildman–Crippen MR) is 124 cm³/mol. The maximum atomic E-state index is 12.7. The normalized spacial score (nSPS) is 11.7. The lowest BCUT2D eigenvalue weighted by Gasteiger charge is -2.23. The van der Waals surface area contributed by atoms with Gasteiger partial charge >= 0.3 is 18.1 Å². The SMILES string of the molecule is CC(C)(C)OC(=O)NC(Cc1ccccc1)C(=O)NCCCCCCNC(=O)NCC(=O)O. The number of ether oxygens (including phenoxy) is 1. The number of nitrogens with one attached hydrogen (secondary N) is 4. The van der Waals surface area contributed by atoms with Crippen molar-refractivity contribution in [1.29, 1.82) is 0 Å². The highest BCUT2D eigenvalue weighted by molar-refractivity contribution is 5.86. The van der Waals surface area contributed by atoms with E-state index in [-0.39, 0.29) is 5.91 Å². The summed E-state index contributed by atoms with van der Waals surface area (Å²) >= 11 is 0. The van der Waals surface area contributed by atoms with Gasteiger partial charge in [-0.1, -0.05) is 43.2 Å². The van der Waals surface area contributed by atoms with Crippen LogP contribution in [0.5, 0.6) is 0 Å².